The molecule has 0 aromatic heterocycles. The maximum atomic E-state index is 12.2. The highest BCUT2D eigenvalue weighted by atomic mass is 16.2. The summed E-state index contributed by atoms with van der Waals surface area (Å²) in [6.45, 7) is 4.30. The minimum absolute atomic E-state index is 0.00000460. The molecule has 5 heteroatoms. The molecule has 3 N–H and O–H groups in total. The Morgan fingerprint density at radius 2 is 1.42 bits per heavy atom. The van der Waals surface area contributed by atoms with Crippen LogP contribution in [0.4, 0.5) is 11.4 Å². The van der Waals surface area contributed by atoms with Gasteiger partial charge in [0.1, 0.15) is 0 Å². The normalized spacial score (nSPS) is 11.6. The molecule has 5 nitrogen and oxygen atoms in total. The summed E-state index contributed by atoms with van der Waals surface area (Å²) >= 11 is 0. The molecule has 0 spiro atoms. The summed E-state index contributed by atoms with van der Waals surface area (Å²) in [6.07, 6.45) is 2.22. The van der Waals surface area contributed by atoms with Crippen LogP contribution < -0.4 is 16.0 Å². The number of anilines is 2. The van der Waals surface area contributed by atoms with Crippen LogP contribution in [-0.2, 0) is 9.59 Å². The molecule has 0 saturated carbocycles. The van der Waals surface area contributed by atoms with E-state index in [1.54, 1.807) is 24.3 Å². The average Bonchev–Trinajstić information content (AvgIpc) is 2.65. The van der Waals surface area contributed by atoms with Gasteiger partial charge in [0, 0.05) is 23.8 Å². The molecule has 0 fully saturated rings. The second-order valence-electron chi connectivity index (χ2n) is 6.18. The van der Waals surface area contributed by atoms with E-state index in [1.165, 1.54) is 5.56 Å². The third kappa shape index (κ3) is 6.33. The van der Waals surface area contributed by atoms with E-state index in [0.717, 1.165) is 18.5 Å². The second kappa shape index (κ2) is 10.4. The maximum Gasteiger partial charge on any atom is 0.238 e. The topological polar surface area (TPSA) is 70.2 Å². The number of nitrogens with one attached hydrogen (secondary N) is 3. The van der Waals surface area contributed by atoms with E-state index in [4.69, 9.17) is 0 Å². The van der Waals surface area contributed by atoms with Crippen molar-refractivity contribution in [2.45, 2.75) is 39.2 Å². The fourth-order valence-corrected chi connectivity index (χ4v) is 2.69. The number of amides is 2. The second-order valence-corrected chi connectivity index (χ2v) is 6.18. The van der Waals surface area contributed by atoms with Crippen molar-refractivity contribution in [3.05, 3.63) is 60.2 Å². The average molecular weight is 353 g/mol. The van der Waals surface area contributed by atoms with E-state index in [-0.39, 0.29) is 24.4 Å². The van der Waals surface area contributed by atoms with Crippen molar-refractivity contribution in [2.75, 3.05) is 17.2 Å². The fraction of sp³-hybridized carbons (Fsp3) is 0.333. The van der Waals surface area contributed by atoms with E-state index in [1.807, 2.05) is 25.1 Å². The molecular weight excluding hydrogens is 326 g/mol. The molecule has 2 aromatic carbocycles. The van der Waals surface area contributed by atoms with Crippen molar-refractivity contribution in [1.82, 2.24) is 5.32 Å². The lowest BCUT2D eigenvalue weighted by Gasteiger charge is -2.17. The van der Waals surface area contributed by atoms with Crippen LogP contribution >= 0.6 is 0 Å². The first-order valence-corrected chi connectivity index (χ1v) is 9.10. The first-order chi connectivity index (χ1) is 12.6. The summed E-state index contributed by atoms with van der Waals surface area (Å²) in [5, 5.41) is 8.98. The van der Waals surface area contributed by atoms with E-state index in [9.17, 15) is 9.59 Å². The summed E-state index contributed by atoms with van der Waals surface area (Å²) in [5.74, 6) is -0.0952. The summed E-state index contributed by atoms with van der Waals surface area (Å²) in [5.41, 5.74) is 2.61. The molecule has 0 aliphatic carbocycles. The smallest absolute Gasteiger partial charge is 0.238 e. The van der Waals surface area contributed by atoms with Crippen molar-refractivity contribution < 1.29 is 9.59 Å². The zero-order valence-electron chi connectivity index (χ0n) is 15.4. The minimum atomic E-state index is -0.0952. The number of hydrogen-bond donors (Lipinski definition) is 3. The molecule has 0 heterocycles. The van der Waals surface area contributed by atoms with Crippen LogP contribution in [0.15, 0.2) is 54.6 Å². The maximum absolute atomic E-state index is 12.2. The Balaban J connectivity index is 1.82. The van der Waals surface area contributed by atoms with E-state index in [0.29, 0.717) is 12.1 Å². The standard InChI is InChI=1S/C21H27N3O2/c1-3-8-20(25)23-17-11-13-18(14-12-17)24-21(26)15-22-19(4-2)16-9-6-5-7-10-16/h5-7,9-14,19,22H,3-4,8,15H2,1-2H3,(H,23,25)(H,24,26). The van der Waals surface area contributed by atoms with Crippen LogP contribution in [0.2, 0.25) is 0 Å². The minimum Gasteiger partial charge on any atom is -0.326 e. The Morgan fingerprint density at radius 1 is 0.846 bits per heavy atom. The predicted octanol–water partition coefficient (Wildman–Crippen LogP) is 4.10. The molecule has 0 aliphatic rings. The monoisotopic (exact) mass is 353 g/mol. The quantitative estimate of drug-likeness (QED) is 0.635. The summed E-state index contributed by atoms with van der Waals surface area (Å²) in [7, 11) is 0. The number of hydrogen-bond acceptors (Lipinski definition) is 3. The molecule has 0 aliphatic heterocycles. The Labute approximate surface area is 155 Å². The van der Waals surface area contributed by atoms with Gasteiger partial charge in [0.05, 0.1) is 6.54 Å². The lowest BCUT2D eigenvalue weighted by molar-refractivity contribution is -0.116. The molecule has 138 valence electrons. The highest BCUT2D eigenvalue weighted by Crippen LogP contribution is 2.16. The van der Waals surface area contributed by atoms with Crippen molar-refractivity contribution in [3.8, 4) is 0 Å². The Morgan fingerprint density at radius 3 is 1.96 bits per heavy atom. The van der Waals surface area contributed by atoms with Crippen LogP contribution in [0.25, 0.3) is 0 Å². The summed E-state index contributed by atoms with van der Waals surface area (Å²) in [4.78, 5) is 23.7. The Kier molecular flexibility index (Phi) is 7.83. The van der Waals surface area contributed by atoms with Gasteiger partial charge in [-0.15, -0.1) is 0 Å². The SMILES string of the molecule is CCCC(=O)Nc1ccc(NC(=O)CNC(CC)c2ccccc2)cc1. The lowest BCUT2D eigenvalue weighted by Crippen LogP contribution is -2.31. The number of carbonyl (C=O) groups is 2. The largest absolute Gasteiger partial charge is 0.326 e. The van der Waals surface area contributed by atoms with Crippen molar-refractivity contribution in [3.63, 3.8) is 0 Å². The van der Waals surface area contributed by atoms with Gasteiger partial charge in [-0.3, -0.25) is 9.59 Å². The van der Waals surface area contributed by atoms with Gasteiger partial charge < -0.3 is 16.0 Å². The lowest BCUT2D eigenvalue weighted by atomic mass is 10.0. The van der Waals surface area contributed by atoms with Crippen molar-refractivity contribution in [1.29, 1.82) is 0 Å². The van der Waals surface area contributed by atoms with Gasteiger partial charge in [-0.25, -0.2) is 0 Å². The van der Waals surface area contributed by atoms with Crippen LogP contribution in [0.5, 0.6) is 0 Å². The first kappa shape index (κ1) is 19.7. The number of carbonyl (C=O) groups excluding carboxylic acids is 2. The fourth-order valence-electron chi connectivity index (χ4n) is 2.69. The van der Waals surface area contributed by atoms with Gasteiger partial charge in [0.25, 0.3) is 0 Å². The first-order valence-electron chi connectivity index (χ1n) is 9.10. The number of benzene rings is 2. The van der Waals surface area contributed by atoms with Gasteiger partial charge in [0.15, 0.2) is 0 Å². The van der Waals surface area contributed by atoms with Gasteiger partial charge in [-0.2, -0.15) is 0 Å². The highest BCUT2D eigenvalue weighted by molar-refractivity contribution is 5.93. The molecule has 1 atom stereocenters. The van der Waals surface area contributed by atoms with Crippen LogP contribution in [0.3, 0.4) is 0 Å². The highest BCUT2D eigenvalue weighted by Gasteiger charge is 2.10. The van der Waals surface area contributed by atoms with Gasteiger partial charge in [0.2, 0.25) is 11.8 Å². The third-order valence-electron chi connectivity index (χ3n) is 4.05. The molecule has 0 bridgehead atoms. The van der Waals surface area contributed by atoms with E-state index in [2.05, 4.69) is 35.0 Å². The predicted molar refractivity (Wildman–Crippen MR) is 106 cm³/mol. The molecule has 1 unspecified atom stereocenters. The molecule has 2 amide bonds. The third-order valence-corrected chi connectivity index (χ3v) is 4.05. The molecule has 0 radical (unpaired) electrons. The zero-order valence-corrected chi connectivity index (χ0v) is 15.4. The van der Waals surface area contributed by atoms with Crippen LogP contribution in [0.1, 0.15) is 44.7 Å². The Hall–Kier alpha value is -2.66. The van der Waals surface area contributed by atoms with Gasteiger partial charge >= 0.3 is 0 Å². The number of rotatable bonds is 9. The van der Waals surface area contributed by atoms with Crippen molar-refractivity contribution in [2.24, 2.45) is 0 Å². The van der Waals surface area contributed by atoms with Gasteiger partial charge in [-0.05, 0) is 42.7 Å². The van der Waals surface area contributed by atoms with Crippen molar-refractivity contribution >= 4 is 23.2 Å². The zero-order chi connectivity index (χ0) is 18.8. The van der Waals surface area contributed by atoms with E-state index < -0.39 is 0 Å². The summed E-state index contributed by atoms with van der Waals surface area (Å²) < 4.78 is 0. The molecular formula is C21H27N3O2. The van der Waals surface area contributed by atoms with Crippen LogP contribution in [0, 0.1) is 0 Å². The van der Waals surface area contributed by atoms with E-state index >= 15 is 0 Å². The summed E-state index contributed by atoms with van der Waals surface area (Å²) in [6, 6.07) is 17.4. The molecule has 26 heavy (non-hydrogen) atoms. The molecule has 0 saturated heterocycles. The molecule has 2 rings (SSSR count). The van der Waals surface area contributed by atoms with Gasteiger partial charge in [-0.1, -0.05) is 44.2 Å². The molecule has 2 aromatic rings. The Bertz CT molecular complexity index is 699. The van der Waals surface area contributed by atoms with Crippen LogP contribution in [-0.4, -0.2) is 18.4 Å².